The minimum Gasteiger partial charge on any atom is -0.459 e. The van der Waals surface area contributed by atoms with Gasteiger partial charge in [0, 0.05) is 44.7 Å². The number of hydrogen-bond donors (Lipinski definition) is 2. The van der Waals surface area contributed by atoms with Crippen LogP contribution in [0, 0.1) is 5.92 Å². The van der Waals surface area contributed by atoms with Gasteiger partial charge in [0.1, 0.15) is 12.2 Å². The van der Waals surface area contributed by atoms with Crippen molar-refractivity contribution in [3.05, 3.63) is 24.2 Å². The Hall–Kier alpha value is -3.48. The van der Waals surface area contributed by atoms with Gasteiger partial charge in [0.2, 0.25) is 5.95 Å². The van der Waals surface area contributed by atoms with Crippen molar-refractivity contribution >= 4 is 23.6 Å². The van der Waals surface area contributed by atoms with E-state index in [-0.39, 0.29) is 24.7 Å². The SMILES string of the molecule is C=C(F)C(=O)N1CCC(OC(=O)N2CCC(CNc3nc(O[C@H]4CCCNC4)nc4c(C(C)C)cnn34)CC2)C1. The van der Waals surface area contributed by atoms with Crippen LogP contribution < -0.4 is 15.4 Å². The predicted molar refractivity (Wildman–Crippen MR) is 146 cm³/mol. The number of rotatable bonds is 8. The monoisotopic (exact) mass is 558 g/mol. The topological polar surface area (TPSA) is 126 Å². The minimum atomic E-state index is -0.997. The van der Waals surface area contributed by atoms with Gasteiger partial charge in [-0.2, -0.15) is 19.6 Å². The molecule has 3 saturated heterocycles. The smallest absolute Gasteiger partial charge is 0.410 e. The minimum absolute atomic E-state index is 0.0366. The Labute approximate surface area is 233 Å². The average molecular weight is 559 g/mol. The molecule has 218 valence electrons. The van der Waals surface area contributed by atoms with Gasteiger partial charge in [0.25, 0.3) is 5.91 Å². The molecule has 2 aromatic heterocycles. The van der Waals surface area contributed by atoms with Crippen LogP contribution >= 0.6 is 0 Å². The number of piperidine rings is 2. The fourth-order valence-corrected chi connectivity index (χ4v) is 5.47. The van der Waals surface area contributed by atoms with Crippen LogP contribution in [0.15, 0.2) is 18.6 Å². The van der Waals surface area contributed by atoms with Crippen LogP contribution in [0.5, 0.6) is 6.01 Å². The zero-order valence-electron chi connectivity index (χ0n) is 23.3. The summed E-state index contributed by atoms with van der Waals surface area (Å²) in [6.45, 7) is 11.4. The molecular weight excluding hydrogens is 519 g/mol. The van der Waals surface area contributed by atoms with Crippen LogP contribution in [0.2, 0.25) is 0 Å². The molecule has 5 rings (SSSR count). The largest absolute Gasteiger partial charge is 0.459 e. The summed E-state index contributed by atoms with van der Waals surface area (Å²) >= 11 is 0. The van der Waals surface area contributed by atoms with E-state index in [4.69, 9.17) is 14.5 Å². The fraction of sp³-hybridized carbons (Fsp3) is 0.667. The van der Waals surface area contributed by atoms with Crippen molar-refractivity contribution in [3.8, 4) is 6.01 Å². The summed E-state index contributed by atoms with van der Waals surface area (Å²) in [6, 6.07) is 0.353. The molecule has 2 N–H and O–H groups in total. The van der Waals surface area contributed by atoms with Crippen LogP contribution in [-0.2, 0) is 9.53 Å². The van der Waals surface area contributed by atoms with Crippen LogP contribution in [-0.4, -0.2) is 99.4 Å². The molecule has 40 heavy (non-hydrogen) atoms. The lowest BCUT2D eigenvalue weighted by molar-refractivity contribution is -0.128. The van der Waals surface area contributed by atoms with E-state index in [1.54, 1.807) is 9.42 Å². The lowest BCUT2D eigenvalue weighted by atomic mass is 9.97. The molecule has 13 heteroatoms. The highest BCUT2D eigenvalue weighted by molar-refractivity contribution is 5.90. The van der Waals surface area contributed by atoms with Gasteiger partial charge in [0.05, 0.1) is 12.7 Å². The van der Waals surface area contributed by atoms with Crippen LogP contribution in [0.25, 0.3) is 5.65 Å². The molecule has 5 heterocycles. The number of nitrogens with one attached hydrogen (secondary N) is 2. The summed E-state index contributed by atoms with van der Waals surface area (Å²) in [6.07, 6.45) is 5.18. The van der Waals surface area contributed by atoms with E-state index in [1.807, 2.05) is 6.20 Å². The first-order valence-electron chi connectivity index (χ1n) is 14.2. The number of amides is 2. The first-order valence-corrected chi connectivity index (χ1v) is 14.2. The van der Waals surface area contributed by atoms with Gasteiger partial charge in [-0.3, -0.25) is 4.79 Å². The lowest BCUT2D eigenvalue weighted by Crippen LogP contribution is -2.42. The standard InChI is InChI=1S/C27H39FN8O4/c1-17(2)22-15-31-36-23(22)32-26(39-20-5-4-9-29-14-20)33-25(36)30-13-19-6-10-34(11-7-19)27(38)40-21-8-12-35(16-21)24(37)18(3)28/h15,17,19-21,29H,3-14,16H2,1-2H3,(H,30,32,33)/t20-,21?/m0/s1. The number of halogens is 1. The third kappa shape index (κ3) is 6.45. The van der Waals surface area contributed by atoms with Crippen molar-refractivity contribution in [2.45, 2.75) is 64.1 Å². The van der Waals surface area contributed by atoms with Crippen LogP contribution in [0.4, 0.5) is 15.1 Å². The molecule has 12 nitrogen and oxygen atoms in total. The van der Waals surface area contributed by atoms with Crippen molar-refractivity contribution in [2.24, 2.45) is 5.92 Å². The van der Waals surface area contributed by atoms with E-state index in [0.29, 0.717) is 50.5 Å². The van der Waals surface area contributed by atoms with Gasteiger partial charge in [0.15, 0.2) is 11.5 Å². The molecule has 0 spiro atoms. The number of ether oxygens (including phenoxy) is 2. The second kappa shape index (κ2) is 12.4. The quantitative estimate of drug-likeness (QED) is 0.470. The molecule has 2 amide bonds. The number of hydrogen-bond acceptors (Lipinski definition) is 9. The highest BCUT2D eigenvalue weighted by atomic mass is 19.1. The summed E-state index contributed by atoms with van der Waals surface area (Å²) in [5, 5.41) is 11.4. The Kier molecular flexibility index (Phi) is 8.67. The van der Waals surface area contributed by atoms with Gasteiger partial charge in [-0.15, -0.1) is 0 Å². The average Bonchev–Trinajstić information content (AvgIpc) is 3.59. The van der Waals surface area contributed by atoms with Crippen molar-refractivity contribution in [3.63, 3.8) is 0 Å². The summed E-state index contributed by atoms with van der Waals surface area (Å²) < 4.78 is 26.6. The van der Waals surface area contributed by atoms with E-state index in [0.717, 1.165) is 50.0 Å². The lowest BCUT2D eigenvalue weighted by Gasteiger charge is -2.32. The summed E-state index contributed by atoms with van der Waals surface area (Å²) in [5.41, 5.74) is 1.78. The molecule has 2 atom stereocenters. The number of likely N-dealkylation sites (tertiary alicyclic amines) is 2. The Bertz CT molecular complexity index is 1220. The predicted octanol–water partition coefficient (Wildman–Crippen LogP) is 2.72. The molecule has 0 aliphatic carbocycles. The second-order valence-electron chi connectivity index (χ2n) is 11.2. The molecule has 2 aromatic rings. The molecule has 3 fully saturated rings. The maximum absolute atomic E-state index is 13.1. The molecule has 1 unspecified atom stereocenters. The van der Waals surface area contributed by atoms with E-state index < -0.39 is 17.8 Å². The van der Waals surface area contributed by atoms with E-state index >= 15 is 0 Å². The first kappa shape index (κ1) is 28.1. The molecule has 0 bridgehead atoms. The highest BCUT2D eigenvalue weighted by Gasteiger charge is 2.32. The molecule has 3 aliphatic heterocycles. The molecule has 0 aromatic carbocycles. The number of aromatic nitrogens is 4. The molecule has 3 aliphatic rings. The third-order valence-electron chi connectivity index (χ3n) is 7.87. The highest BCUT2D eigenvalue weighted by Crippen LogP contribution is 2.25. The van der Waals surface area contributed by atoms with Crippen molar-refractivity contribution in [1.82, 2.24) is 34.7 Å². The molecule has 0 saturated carbocycles. The number of fused-ring (bicyclic) bond motifs is 1. The van der Waals surface area contributed by atoms with Gasteiger partial charge in [-0.25, -0.2) is 9.18 Å². The second-order valence-corrected chi connectivity index (χ2v) is 11.2. The van der Waals surface area contributed by atoms with Gasteiger partial charge in [-0.1, -0.05) is 20.4 Å². The maximum Gasteiger partial charge on any atom is 0.410 e. The Balaban J connectivity index is 1.15. The first-order chi connectivity index (χ1) is 19.3. The van der Waals surface area contributed by atoms with Gasteiger partial charge >= 0.3 is 12.1 Å². The number of nitrogens with zero attached hydrogens (tertiary/aromatic N) is 6. The zero-order valence-corrected chi connectivity index (χ0v) is 23.3. The van der Waals surface area contributed by atoms with Crippen LogP contribution in [0.1, 0.15) is 57.4 Å². The van der Waals surface area contributed by atoms with Crippen LogP contribution in [0.3, 0.4) is 0 Å². The number of carbonyl (C=O) groups is 2. The summed E-state index contributed by atoms with van der Waals surface area (Å²) in [7, 11) is 0. The molecule has 0 radical (unpaired) electrons. The van der Waals surface area contributed by atoms with E-state index in [1.165, 1.54) is 4.90 Å². The Morgan fingerprint density at radius 1 is 1.15 bits per heavy atom. The number of carbonyl (C=O) groups excluding carboxylic acids is 2. The summed E-state index contributed by atoms with van der Waals surface area (Å²) in [4.78, 5) is 36.9. The van der Waals surface area contributed by atoms with Gasteiger partial charge < -0.3 is 29.9 Å². The van der Waals surface area contributed by atoms with Crippen molar-refractivity contribution in [2.75, 3.05) is 51.1 Å². The Morgan fingerprint density at radius 3 is 2.62 bits per heavy atom. The molecular formula is C27H39FN8O4. The van der Waals surface area contributed by atoms with Gasteiger partial charge in [-0.05, 0) is 44.1 Å². The fourth-order valence-electron chi connectivity index (χ4n) is 5.47. The number of anilines is 1. The van der Waals surface area contributed by atoms with Crippen molar-refractivity contribution in [1.29, 1.82) is 0 Å². The Morgan fingerprint density at radius 2 is 1.93 bits per heavy atom. The van der Waals surface area contributed by atoms with E-state index in [9.17, 15) is 14.0 Å². The zero-order chi connectivity index (χ0) is 28.2. The maximum atomic E-state index is 13.1. The third-order valence-corrected chi connectivity index (χ3v) is 7.87. The van der Waals surface area contributed by atoms with E-state index in [2.05, 4.69) is 41.1 Å². The van der Waals surface area contributed by atoms with Crippen molar-refractivity contribution < 1.29 is 23.5 Å². The normalized spacial score (nSPS) is 22.1. The summed E-state index contributed by atoms with van der Waals surface area (Å²) in [5.74, 6) is -0.564.